The van der Waals surface area contributed by atoms with Gasteiger partial charge in [-0.1, -0.05) is 30.3 Å². The van der Waals surface area contributed by atoms with E-state index < -0.39 is 0 Å². The Morgan fingerprint density at radius 2 is 1.94 bits per heavy atom. The molecular weight excluding hydrogens is 198 g/mol. The Bertz CT molecular complexity index is 378. The first-order chi connectivity index (χ1) is 7.92. The molecule has 0 radical (unpaired) electrons. The number of nitrogens with one attached hydrogen (secondary N) is 1. The topological polar surface area (TPSA) is 29.1 Å². The summed E-state index contributed by atoms with van der Waals surface area (Å²) in [6, 6.07) is 8.36. The van der Waals surface area contributed by atoms with Gasteiger partial charge >= 0.3 is 0 Å². The number of hydrogen-bond acceptors (Lipinski definition) is 2. The summed E-state index contributed by atoms with van der Waals surface area (Å²) in [5, 5.41) is 3.37. The molecule has 16 heavy (non-hydrogen) atoms. The maximum Gasteiger partial charge on any atom is 0.142 e. The molecule has 1 fully saturated rings. The maximum absolute atomic E-state index is 10.4. The molecule has 2 heteroatoms. The fourth-order valence-electron chi connectivity index (χ4n) is 2.31. The van der Waals surface area contributed by atoms with Crippen molar-refractivity contribution in [3.05, 3.63) is 41.5 Å². The second kappa shape index (κ2) is 5.61. The van der Waals surface area contributed by atoms with E-state index in [1.807, 2.05) is 12.1 Å². The number of benzene rings is 1. The Labute approximate surface area is 96.4 Å². The number of aldehydes is 1. The van der Waals surface area contributed by atoms with Crippen LogP contribution >= 0.6 is 0 Å². The third-order valence-electron chi connectivity index (χ3n) is 3.13. The highest BCUT2D eigenvalue weighted by molar-refractivity contribution is 5.74. The average molecular weight is 215 g/mol. The highest BCUT2D eigenvalue weighted by atomic mass is 16.1. The first-order valence-corrected chi connectivity index (χ1v) is 5.83. The third kappa shape index (κ3) is 2.58. The van der Waals surface area contributed by atoms with Crippen molar-refractivity contribution in [1.29, 1.82) is 0 Å². The normalized spacial score (nSPS) is 17.8. The first kappa shape index (κ1) is 11.1. The molecule has 0 amide bonds. The number of carbonyl (C=O) groups excluding carboxylic acids is 1. The predicted octanol–water partition coefficient (Wildman–Crippen LogP) is 2.37. The molecule has 0 unspecified atom stereocenters. The van der Waals surface area contributed by atoms with Gasteiger partial charge < -0.3 is 5.32 Å². The number of carbonyl (C=O) groups is 1. The Morgan fingerprint density at radius 1 is 1.19 bits per heavy atom. The monoisotopic (exact) mass is 215 g/mol. The van der Waals surface area contributed by atoms with Crippen LogP contribution in [0.15, 0.2) is 30.3 Å². The molecule has 2 rings (SSSR count). The van der Waals surface area contributed by atoms with Crippen LogP contribution < -0.4 is 5.32 Å². The molecule has 1 aliphatic rings. The lowest BCUT2D eigenvalue weighted by Crippen LogP contribution is -2.26. The molecule has 84 valence electrons. The molecule has 1 heterocycles. The van der Waals surface area contributed by atoms with Crippen LogP contribution in [0, 0.1) is 0 Å². The molecule has 1 aromatic rings. The molecule has 0 aromatic heterocycles. The molecule has 0 spiro atoms. The fourth-order valence-corrected chi connectivity index (χ4v) is 2.31. The van der Waals surface area contributed by atoms with Crippen LogP contribution in [0.1, 0.15) is 29.9 Å². The van der Waals surface area contributed by atoms with Crippen LogP contribution in [0.25, 0.3) is 6.08 Å². The first-order valence-electron chi connectivity index (χ1n) is 5.83. The Hall–Kier alpha value is -1.41. The molecule has 1 aromatic carbocycles. The van der Waals surface area contributed by atoms with Crippen molar-refractivity contribution < 1.29 is 4.79 Å². The van der Waals surface area contributed by atoms with Crippen molar-refractivity contribution in [3.8, 4) is 0 Å². The number of rotatable bonds is 3. The second-order valence-corrected chi connectivity index (χ2v) is 4.15. The van der Waals surface area contributed by atoms with E-state index in [1.54, 1.807) is 6.08 Å². The largest absolute Gasteiger partial charge is 0.317 e. The lowest BCUT2D eigenvalue weighted by atomic mass is 9.87. The van der Waals surface area contributed by atoms with Crippen LogP contribution in [0.2, 0.25) is 0 Å². The minimum atomic E-state index is 0.633. The Balaban J connectivity index is 2.24. The predicted molar refractivity (Wildman–Crippen MR) is 66.4 cm³/mol. The lowest BCUT2D eigenvalue weighted by Gasteiger charge is -2.24. The van der Waals surface area contributed by atoms with Gasteiger partial charge in [0.05, 0.1) is 0 Å². The molecule has 2 nitrogen and oxygen atoms in total. The zero-order chi connectivity index (χ0) is 11.2. The average Bonchev–Trinajstić information content (AvgIpc) is 2.38. The Morgan fingerprint density at radius 3 is 2.69 bits per heavy atom. The quantitative estimate of drug-likeness (QED) is 0.619. The summed E-state index contributed by atoms with van der Waals surface area (Å²) in [7, 11) is 0. The van der Waals surface area contributed by atoms with Crippen molar-refractivity contribution in [2.24, 2.45) is 0 Å². The van der Waals surface area contributed by atoms with Crippen molar-refractivity contribution >= 4 is 12.4 Å². The summed E-state index contributed by atoms with van der Waals surface area (Å²) >= 11 is 0. The maximum atomic E-state index is 10.4. The standard InChI is InChI=1S/C14H17NO/c16-11-3-5-12-4-1-2-6-14(12)13-7-9-15-10-8-13/h1-6,11,13,15H,7-10H2. The molecule has 1 aliphatic heterocycles. The van der Waals surface area contributed by atoms with E-state index in [0.717, 1.165) is 19.4 Å². The van der Waals surface area contributed by atoms with Gasteiger partial charge in [0, 0.05) is 0 Å². The summed E-state index contributed by atoms with van der Waals surface area (Å²) in [6.45, 7) is 2.19. The van der Waals surface area contributed by atoms with E-state index in [1.165, 1.54) is 24.0 Å². The van der Waals surface area contributed by atoms with Gasteiger partial charge in [-0.25, -0.2) is 0 Å². The summed E-state index contributed by atoms with van der Waals surface area (Å²) in [6.07, 6.45) is 6.68. The SMILES string of the molecule is O=CC=Cc1ccccc1C1CCNCC1. The lowest BCUT2D eigenvalue weighted by molar-refractivity contribution is -0.104. The molecule has 0 saturated carbocycles. The van der Waals surface area contributed by atoms with Crippen molar-refractivity contribution in [2.75, 3.05) is 13.1 Å². The van der Waals surface area contributed by atoms with Gasteiger partial charge in [-0.2, -0.15) is 0 Å². The molecule has 0 atom stereocenters. The minimum Gasteiger partial charge on any atom is -0.317 e. The zero-order valence-corrected chi connectivity index (χ0v) is 9.36. The molecule has 1 saturated heterocycles. The Kier molecular flexibility index (Phi) is 3.89. The van der Waals surface area contributed by atoms with Gasteiger partial charge in [-0.3, -0.25) is 4.79 Å². The van der Waals surface area contributed by atoms with Crippen LogP contribution in [0.4, 0.5) is 0 Å². The van der Waals surface area contributed by atoms with Crippen LogP contribution in [-0.4, -0.2) is 19.4 Å². The van der Waals surface area contributed by atoms with Crippen LogP contribution in [-0.2, 0) is 4.79 Å². The van der Waals surface area contributed by atoms with Gasteiger partial charge in [-0.05, 0) is 49.1 Å². The molecule has 0 aliphatic carbocycles. The van der Waals surface area contributed by atoms with Crippen LogP contribution in [0.3, 0.4) is 0 Å². The highest BCUT2D eigenvalue weighted by Crippen LogP contribution is 2.28. The van der Waals surface area contributed by atoms with Gasteiger partial charge in [0.1, 0.15) is 6.29 Å². The number of allylic oxidation sites excluding steroid dienone is 1. The molecule has 1 N–H and O–H groups in total. The summed E-state index contributed by atoms with van der Waals surface area (Å²) in [5.74, 6) is 0.633. The van der Waals surface area contributed by atoms with E-state index in [9.17, 15) is 4.79 Å². The summed E-state index contributed by atoms with van der Waals surface area (Å²) < 4.78 is 0. The van der Waals surface area contributed by atoms with E-state index in [2.05, 4.69) is 23.5 Å². The van der Waals surface area contributed by atoms with Gasteiger partial charge in [0.15, 0.2) is 0 Å². The van der Waals surface area contributed by atoms with E-state index in [0.29, 0.717) is 5.92 Å². The number of piperidine rings is 1. The minimum absolute atomic E-state index is 0.633. The van der Waals surface area contributed by atoms with Gasteiger partial charge in [0.25, 0.3) is 0 Å². The summed E-state index contributed by atoms with van der Waals surface area (Å²) in [4.78, 5) is 10.4. The molecular formula is C14H17NO. The van der Waals surface area contributed by atoms with Gasteiger partial charge in [0.2, 0.25) is 0 Å². The van der Waals surface area contributed by atoms with E-state index in [4.69, 9.17) is 0 Å². The van der Waals surface area contributed by atoms with E-state index in [-0.39, 0.29) is 0 Å². The van der Waals surface area contributed by atoms with Crippen molar-refractivity contribution in [1.82, 2.24) is 5.32 Å². The molecule has 0 bridgehead atoms. The van der Waals surface area contributed by atoms with E-state index >= 15 is 0 Å². The highest BCUT2D eigenvalue weighted by Gasteiger charge is 2.16. The third-order valence-corrected chi connectivity index (χ3v) is 3.13. The van der Waals surface area contributed by atoms with Crippen molar-refractivity contribution in [3.63, 3.8) is 0 Å². The number of hydrogen-bond donors (Lipinski definition) is 1. The van der Waals surface area contributed by atoms with Gasteiger partial charge in [-0.15, -0.1) is 0 Å². The summed E-state index contributed by atoms with van der Waals surface area (Å²) in [5.41, 5.74) is 2.56. The van der Waals surface area contributed by atoms with Crippen molar-refractivity contribution in [2.45, 2.75) is 18.8 Å². The smallest absolute Gasteiger partial charge is 0.142 e. The van der Waals surface area contributed by atoms with Crippen LogP contribution in [0.5, 0.6) is 0 Å². The fraction of sp³-hybridized carbons (Fsp3) is 0.357. The second-order valence-electron chi connectivity index (χ2n) is 4.15. The zero-order valence-electron chi connectivity index (χ0n) is 9.36.